The third kappa shape index (κ3) is 8.88. The van der Waals surface area contributed by atoms with Crippen LogP contribution < -0.4 is 29.6 Å². The predicted octanol–water partition coefficient (Wildman–Crippen LogP) is -2.38. The maximum absolute atomic E-state index is 8.45. The van der Waals surface area contributed by atoms with Gasteiger partial charge in [-0.3, -0.25) is 0 Å². The number of hydrogen-bond acceptors (Lipinski definition) is 3. The van der Waals surface area contributed by atoms with Crippen molar-refractivity contribution < 1.29 is 44.9 Å². The number of rotatable bonds is 3. The van der Waals surface area contributed by atoms with Gasteiger partial charge in [0.15, 0.2) is 0 Å². The van der Waals surface area contributed by atoms with Gasteiger partial charge < -0.3 is 15.3 Å². The standard InChI is InChI=1S/C6H14O2.Na.H2O/c1-6(2,8-3)4-5-7;;/h7H,4-5H2,1-3H3;;1H2/q;+1;/p-1. The van der Waals surface area contributed by atoms with Crippen molar-refractivity contribution in [2.45, 2.75) is 25.9 Å². The van der Waals surface area contributed by atoms with Gasteiger partial charge in [-0.25, -0.2) is 0 Å². The Morgan fingerprint density at radius 3 is 1.90 bits per heavy atom. The monoisotopic (exact) mass is 158 g/mol. The number of methoxy groups -OCH3 is 1. The number of hydrogen-bond donors (Lipinski definition) is 1. The number of aliphatic hydroxyl groups excluding tert-OH is 1. The molecule has 0 unspecified atom stereocenters. The molecule has 0 fully saturated rings. The molecule has 0 aromatic rings. The molecule has 58 valence electrons. The zero-order valence-electron chi connectivity index (χ0n) is 7.22. The van der Waals surface area contributed by atoms with Crippen LogP contribution in [0, 0.1) is 0 Å². The van der Waals surface area contributed by atoms with Crippen molar-refractivity contribution in [3.05, 3.63) is 0 Å². The van der Waals surface area contributed by atoms with E-state index < -0.39 is 0 Å². The van der Waals surface area contributed by atoms with Gasteiger partial charge in [-0.2, -0.15) is 0 Å². The molecule has 0 radical (unpaired) electrons. The summed E-state index contributed by atoms with van der Waals surface area (Å²) in [6.45, 7) is 4.09. The first-order chi connectivity index (χ1) is 3.62. The van der Waals surface area contributed by atoms with E-state index in [-0.39, 0.29) is 47.2 Å². The van der Waals surface area contributed by atoms with Crippen molar-refractivity contribution in [3.63, 3.8) is 0 Å². The van der Waals surface area contributed by atoms with E-state index in [1.54, 1.807) is 7.11 Å². The summed E-state index contributed by atoms with van der Waals surface area (Å²) < 4.78 is 5.02. The summed E-state index contributed by atoms with van der Waals surface area (Å²) in [5.41, 5.74) is -0.158. The van der Waals surface area contributed by atoms with Crippen LogP contribution in [0.15, 0.2) is 0 Å². The zero-order chi connectivity index (χ0) is 6.62. The third-order valence-electron chi connectivity index (χ3n) is 1.27. The zero-order valence-corrected chi connectivity index (χ0v) is 9.22. The molecule has 0 aromatic heterocycles. The molecule has 0 saturated carbocycles. The van der Waals surface area contributed by atoms with Gasteiger partial charge in [0.05, 0.1) is 5.60 Å². The van der Waals surface area contributed by atoms with Crippen LogP contribution in [0.4, 0.5) is 0 Å². The largest absolute Gasteiger partial charge is 1.00 e. The van der Waals surface area contributed by atoms with Gasteiger partial charge in [0.2, 0.25) is 0 Å². The van der Waals surface area contributed by atoms with E-state index in [2.05, 4.69) is 0 Å². The Hall–Kier alpha value is 0.880. The molecule has 0 rings (SSSR count). The third-order valence-corrected chi connectivity index (χ3v) is 1.27. The van der Waals surface area contributed by atoms with Crippen molar-refractivity contribution in [2.75, 3.05) is 13.7 Å². The minimum absolute atomic E-state index is 0. The maximum atomic E-state index is 8.45. The van der Waals surface area contributed by atoms with Crippen LogP contribution in [0.25, 0.3) is 0 Å². The molecule has 0 spiro atoms. The van der Waals surface area contributed by atoms with Gasteiger partial charge in [0.25, 0.3) is 0 Å². The van der Waals surface area contributed by atoms with Crippen molar-refractivity contribution in [2.24, 2.45) is 0 Å². The van der Waals surface area contributed by atoms with Crippen molar-refractivity contribution in [1.82, 2.24) is 0 Å². The molecular weight excluding hydrogens is 143 g/mol. The smallest absolute Gasteiger partial charge is 0.870 e. The van der Waals surface area contributed by atoms with Crippen LogP contribution >= 0.6 is 0 Å². The van der Waals surface area contributed by atoms with Crippen LogP contribution in [-0.4, -0.2) is 29.9 Å². The van der Waals surface area contributed by atoms with Gasteiger partial charge in [-0.15, -0.1) is 0 Å². The predicted molar refractivity (Wildman–Crippen MR) is 34.7 cm³/mol. The van der Waals surface area contributed by atoms with E-state index in [9.17, 15) is 0 Å². The summed E-state index contributed by atoms with van der Waals surface area (Å²) in [5.74, 6) is 0. The molecule has 0 heterocycles. The van der Waals surface area contributed by atoms with E-state index in [0.29, 0.717) is 6.42 Å². The fraction of sp³-hybridized carbons (Fsp3) is 1.00. The summed E-state index contributed by atoms with van der Waals surface area (Å²) in [4.78, 5) is 0. The second kappa shape index (κ2) is 7.98. The fourth-order valence-corrected chi connectivity index (χ4v) is 0.371. The van der Waals surface area contributed by atoms with Crippen LogP contribution in [0.1, 0.15) is 20.3 Å². The second-order valence-corrected chi connectivity index (χ2v) is 2.44. The van der Waals surface area contributed by atoms with Crippen LogP contribution in [-0.2, 0) is 4.74 Å². The Labute approximate surface area is 84.4 Å². The average Bonchev–Trinajstić information content (AvgIpc) is 1.67. The van der Waals surface area contributed by atoms with Crippen molar-refractivity contribution in [1.29, 1.82) is 0 Å². The number of ether oxygens (including phenoxy) is 1. The maximum Gasteiger partial charge on any atom is 1.00 e. The van der Waals surface area contributed by atoms with Crippen LogP contribution in [0.3, 0.4) is 0 Å². The minimum atomic E-state index is -0.158. The summed E-state index contributed by atoms with van der Waals surface area (Å²) in [6, 6.07) is 0. The normalized spacial score (nSPS) is 9.60. The fourth-order valence-electron chi connectivity index (χ4n) is 0.371. The molecule has 0 aliphatic heterocycles. The van der Waals surface area contributed by atoms with Crippen LogP contribution in [0.5, 0.6) is 0 Å². The average molecular weight is 158 g/mol. The summed E-state index contributed by atoms with van der Waals surface area (Å²) in [6.07, 6.45) is 0.698. The molecule has 0 aliphatic rings. The van der Waals surface area contributed by atoms with Crippen molar-refractivity contribution in [3.8, 4) is 0 Å². The van der Waals surface area contributed by atoms with Gasteiger partial charge in [0.1, 0.15) is 0 Å². The molecule has 2 N–H and O–H groups in total. The Morgan fingerprint density at radius 1 is 1.40 bits per heavy atom. The summed E-state index contributed by atoms with van der Waals surface area (Å²) >= 11 is 0. The first-order valence-electron chi connectivity index (χ1n) is 2.78. The van der Waals surface area contributed by atoms with Gasteiger partial charge in [0, 0.05) is 13.7 Å². The van der Waals surface area contributed by atoms with Gasteiger partial charge in [-0.05, 0) is 20.3 Å². The van der Waals surface area contributed by atoms with E-state index in [4.69, 9.17) is 9.84 Å². The molecule has 4 heteroatoms. The molecule has 0 amide bonds. The molecule has 0 atom stereocenters. The molecule has 3 nitrogen and oxygen atoms in total. The van der Waals surface area contributed by atoms with Crippen molar-refractivity contribution >= 4 is 0 Å². The van der Waals surface area contributed by atoms with E-state index >= 15 is 0 Å². The first-order valence-corrected chi connectivity index (χ1v) is 2.78. The molecule has 0 aromatic carbocycles. The van der Waals surface area contributed by atoms with Gasteiger partial charge in [-0.1, -0.05) is 0 Å². The SMILES string of the molecule is COC(C)(C)CCO.[Na+].[OH-]. The van der Waals surface area contributed by atoms with Gasteiger partial charge >= 0.3 is 29.6 Å². The molecule has 0 bridgehead atoms. The van der Waals surface area contributed by atoms with Crippen LogP contribution in [0.2, 0.25) is 0 Å². The minimum Gasteiger partial charge on any atom is -0.870 e. The Balaban J connectivity index is -0.000000245. The molecule has 0 aliphatic carbocycles. The Bertz CT molecular complexity index is 66.0. The molecular formula is C6H15NaO3. The molecule has 10 heavy (non-hydrogen) atoms. The Kier molecular flexibility index (Phi) is 13.7. The topological polar surface area (TPSA) is 59.5 Å². The summed E-state index contributed by atoms with van der Waals surface area (Å²) in [7, 11) is 1.65. The quantitative estimate of drug-likeness (QED) is 0.467. The van der Waals surface area contributed by atoms with E-state index in [0.717, 1.165) is 0 Å². The first kappa shape index (κ1) is 17.1. The molecule has 0 saturated heterocycles. The van der Waals surface area contributed by atoms with E-state index in [1.807, 2.05) is 13.8 Å². The number of aliphatic hydroxyl groups is 1. The van der Waals surface area contributed by atoms with E-state index in [1.165, 1.54) is 0 Å². The summed E-state index contributed by atoms with van der Waals surface area (Å²) in [5, 5.41) is 8.45. The Morgan fingerprint density at radius 2 is 1.80 bits per heavy atom. The second-order valence-electron chi connectivity index (χ2n) is 2.44.